The zero-order valence-corrected chi connectivity index (χ0v) is 12.3. The first-order valence-corrected chi connectivity index (χ1v) is 7.34. The molecule has 3 heterocycles. The summed E-state index contributed by atoms with van der Waals surface area (Å²) in [5.74, 6) is 0.316. The number of hydrogen-bond acceptors (Lipinski definition) is 6. The molecule has 0 aliphatic carbocycles. The average molecular weight is 314 g/mol. The van der Waals surface area contributed by atoms with E-state index in [1.54, 1.807) is 12.3 Å². The number of rotatable bonds is 3. The van der Waals surface area contributed by atoms with Crippen LogP contribution in [-0.2, 0) is 4.74 Å². The number of hydrogen-bond donors (Lipinski definition) is 2. The maximum Gasteiger partial charge on any atom is 0.160 e. The van der Waals surface area contributed by atoms with Gasteiger partial charge >= 0.3 is 0 Å². The largest absolute Gasteiger partial charge is 0.378 e. The molecule has 7 nitrogen and oxygen atoms in total. The first-order valence-electron chi connectivity index (χ1n) is 7.34. The minimum Gasteiger partial charge on any atom is -0.378 e. The van der Waals surface area contributed by atoms with Crippen molar-refractivity contribution in [3.05, 3.63) is 36.5 Å². The van der Waals surface area contributed by atoms with Crippen LogP contribution in [0.5, 0.6) is 0 Å². The number of morpholine rings is 1. The molecule has 8 heteroatoms. The Labute approximate surface area is 131 Å². The van der Waals surface area contributed by atoms with E-state index in [-0.39, 0.29) is 5.82 Å². The van der Waals surface area contributed by atoms with Gasteiger partial charge in [0.25, 0.3) is 0 Å². The van der Waals surface area contributed by atoms with E-state index < -0.39 is 0 Å². The number of ether oxygens (including phenoxy) is 1. The van der Waals surface area contributed by atoms with Crippen molar-refractivity contribution in [1.29, 1.82) is 0 Å². The van der Waals surface area contributed by atoms with Crippen molar-refractivity contribution in [3.8, 4) is 0 Å². The van der Waals surface area contributed by atoms with Crippen LogP contribution in [0.25, 0.3) is 11.0 Å². The number of nitrogens with one attached hydrogen (secondary N) is 2. The minimum absolute atomic E-state index is 0.269. The molecule has 0 atom stereocenters. The van der Waals surface area contributed by atoms with Gasteiger partial charge in [-0.15, -0.1) is 0 Å². The Hall–Kier alpha value is -2.74. The molecular formula is C15H15FN6O. The van der Waals surface area contributed by atoms with Crippen LogP contribution in [0, 0.1) is 5.82 Å². The smallest absolute Gasteiger partial charge is 0.160 e. The van der Waals surface area contributed by atoms with Crippen LogP contribution in [0.15, 0.2) is 30.7 Å². The fourth-order valence-corrected chi connectivity index (χ4v) is 2.65. The van der Waals surface area contributed by atoms with Crippen molar-refractivity contribution in [2.45, 2.75) is 0 Å². The van der Waals surface area contributed by atoms with Crippen molar-refractivity contribution in [2.24, 2.45) is 0 Å². The summed E-state index contributed by atoms with van der Waals surface area (Å²) in [5, 5.41) is 10.6. The van der Waals surface area contributed by atoms with Gasteiger partial charge in [-0.05, 0) is 18.2 Å². The highest BCUT2D eigenvalue weighted by molar-refractivity contribution is 5.87. The molecule has 4 rings (SSSR count). The van der Waals surface area contributed by atoms with Crippen LogP contribution in [0.2, 0.25) is 0 Å². The van der Waals surface area contributed by atoms with Crippen molar-refractivity contribution in [3.63, 3.8) is 0 Å². The topological polar surface area (TPSA) is 79.0 Å². The van der Waals surface area contributed by atoms with Crippen molar-refractivity contribution in [2.75, 3.05) is 36.5 Å². The van der Waals surface area contributed by atoms with Gasteiger partial charge in [0.1, 0.15) is 18.0 Å². The molecule has 0 unspecified atom stereocenters. The molecule has 1 aliphatic rings. The second-order valence-corrected chi connectivity index (χ2v) is 5.25. The van der Waals surface area contributed by atoms with Gasteiger partial charge in [-0.3, -0.25) is 5.10 Å². The highest BCUT2D eigenvalue weighted by atomic mass is 19.1. The lowest BCUT2D eigenvalue weighted by Gasteiger charge is -2.29. The van der Waals surface area contributed by atoms with Gasteiger partial charge in [0.2, 0.25) is 0 Å². The maximum absolute atomic E-state index is 14.4. The molecule has 23 heavy (non-hydrogen) atoms. The molecule has 1 fully saturated rings. The van der Waals surface area contributed by atoms with E-state index >= 15 is 0 Å². The first kappa shape index (κ1) is 13.9. The summed E-state index contributed by atoms with van der Waals surface area (Å²) in [6, 6.07) is 5.08. The van der Waals surface area contributed by atoms with E-state index in [0.717, 1.165) is 5.39 Å². The number of H-pyrrole nitrogens is 1. The molecule has 2 N–H and O–H groups in total. The molecule has 2 aromatic heterocycles. The Morgan fingerprint density at radius 2 is 2.09 bits per heavy atom. The van der Waals surface area contributed by atoms with Crippen LogP contribution in [0.4, 0.5) is 21.6 Å². The van der Waals surface area contributed by atoms with E-state index in [0.29, 0.717) is 49.1 Å². The predicted molar refractivity (Wildman–Crippen MR) is 84.4 cm³/mol. The van der Waals surface area contributed by atoms with Crippen molar-refractivity contribution in [1.82, 2.24) is 20.2 Å². The minimum atomic E-state index is -0.269. The number of fused-ring (bicyclic) bond motifs is 1. The van der Waals surface area contributed by atoms with Gasteiger partial charge in [0, 0.05) is 18.8 Å². The lowest BCUT2D eigenvalue weighted by atomic mass is 10.2. The van der Waals surface area contributed by atoms with Crippen molar-refractivity contribution >= 4 is 28.2 Å². The van der Waals surface area contributed by atoms with Gasteiger partial charge in [-0.1, -0.05) is 0 Å². The molecule has 0 bridgehead atoms. The molecule has 0 radical (unpaired) electrons. The first-order chi connectivity index (χ1) is 11.3. The molecular weight excluding hydrogens is 299 g/mol. The number of aromatic nitrogens is 4. The fourth-order valence-electron chi connectivity index (χ4n) is 2.65. The molecule has 1 saturated heterocycles. The lowest BCUT2D eigenvalue weighted by molar-refractivity contribution is 0.122. The van der Waals surface area contributed by atoms with Crippen LogP contribution in [0.1, 0.15) is 0 Å². The zero-order valence-electron chi connectivity index (χ0n) is 12.3. The van der Waals surface area contributed by atoms with Gasteiger partial charge < -0.3 is 15.0 Å². The SMILES string of the molecule is Fc1cc(Nc2ncnc3[nH]ncc23)ccc1N1CCOCC1. The predicted octanol–water partition coefficient (Wildman–Crippen LogP) is 2.07. The Morgan fingerprint density at radius 3 is 2.91 bits per heavy atom. The van der Waals surface area contributed by atoms with Crippen LogP contribution >= 0.6 is 0 Å². The standard InChI is InChI=1S/C15H15FN6O/c16-12-7-10(1-2-13(12)22-3-5-23-6-4-22)20-14-11-8-19-21-15(11)18-9-17-14/h1-2,7-9H,3-6H2,(H2,17,18,19,20,21). The summed E-state index contributed by atoms with van der Waals surface area (Å²) in [4.78, 5) is 10.2. The zero-order chi connectivity index (χ0) is 15.6. The van der Waals surface area contributed by atoms with Gasteiger partial charge in [0.05, 0.1) is 30.5 Å². The van der Waals surface area contributed by atoms with Crippen LogP contribution in [-0.4, -0.2) is 46.5 Å². The third-order valence-electron chi connectivity index (χ3n) is 3.81. The summed E-state index contributed by atoms with van der Waals surface area (Å²) in [7, 11) is 0. The summed E-state index contributed by atoms with van der Waals surface area (Å²) >= 11 is 0. The number of aromatic amines is 1. The highest BCUT2D eigenvalue weighted by Gasteiger charge is 2.15. The molecule has 118 valence electrons. The molecule has 0 saturated carbocycles. The van der Waals surface area contributed by atoms with E-state index in [2.05, 4.69) is 25.5 Å². The number of benzene rings is 1. The van der Waals surface area contributed by atoms with Crippen LogP contribution in [0.3, 0.4) is 0 Å². The molecule has 3 aromatic rings. The fraction of sp³-hybridized carbons (Fsp3) is 0.267. The van der Waals surface area contributed by atoms with E-state index in [1.807, 2.05) is 11.0 Å². The Bertz CT molecular complexity index is 830. The third kappa shape index (κ3) is 2.68. The van der Waals surface area contributed by atoms with Crippen LogP contribution < -0.4 is 10.2 Å². The number of nitrogens with zero attached hydrogens (tertiary/aromatic N) is 4. The molecule has 0 amide bonds. The summed E-state index contributed by atoms with van der Waals surface area (Å²) in [6.07, 6.45) is 3.07. The van der Waals surface area contributed by atoms with E-state index in [9.17, 15) is 4.39 Å². The quantitative estimate of drug-likeness (QED) is 0.770. The lowest BCUT2D eigenvalue weighted by Crippen LogP contribution is -2.36. The van der Waals surface area contributed by atoms with Gasteiger partial charge in [-0.25, -0.2) is 14.4 Å². The highest BCUT2D eigenvalue weighted by Crippen LogP contribution is 2.26. The molecule has 0 spiro atoms. The second-order valence-electron chi connectivity index (χ2n) is 5.25. The van der Waals surface area contributed by atoms with E-state index in [4.69, 9.17) is 4.74 Å². The Balaban J connectivity index is 1.60. The molecule has 1 aliphatic heterocycles. The maximum atomic E-state index is 14.4. The third-order valence-corrected chi connectivity index (χ3v) is 3.81. The van der Waals surface area contributed by atoms with Crippen molar-refractivity contribution < 1.29 is 9.13 Å². The van der Waals surface area contributed by atoms with Gasteiger partial charge in [-0.2, -0.15) is 5.10 Å². The number of anilines is 3. The Kier molecular flexibility index (Phi) is 3.51. The average Bonchev–Trinajstić information content (AvgIpc) is 3.06. The summed E-state index contributed by atoms with van der Waals surface area (Å²) < 4.78 is 19.7. The molecule has 1 aromatic carbocycles. The van der Waals surface area contributed by atoms with E-state index in [1.165, 1.54) is 12.4 Å². The summed E-state index contributed by atoms with van der Waals surface area (Å²) in [5.41, 5.74) is 1.85. The number of halogens is 1. The summed E-state index contributed by atoms with van der Waals surface area (Å²) in [6.45, 7) is 2.65. The monoisotopic (exact) mass is 314 g/mol. The van der Waals surface area contributed by atoms with Gasteiger partial charge in [0.15, 0.2) is 5.65 Å². The second kappa shape index (κ2) is 5.81. The normalized spacial score (nSPS) is 15.1. The Morgan fingerprint density at radius 1 is 1.22 bits per heavy atom.